The second-order valence-corrected chi connectivity index (χ2v) is 2.34. The van der Waals surface area contributed by atoms with E-state index in [-0.39, 0.29) is 19.0 Å². The molecule has 3 N–H and O–H groups in total. The molecule has 0 unspecified atom stereocenters. The third-order valence-corrected chi connectivity index (χ3v) is 1.21. The van der Waals surface area contributed by atoms with Gasteiger partial charge in [0.2, 0.25) is 5.91 Å². The Balaban J connectivity index is 3.25. The number of hydrogen-bond acceptors (Lipinski definition) is 4. The van der Waals surface area contributed by atoms with Crippen LogP contribution in [0, 0.1) is 0 Å². The lowest BCUT2D eigenvalue weighted by Gasteiger charge is -2.03. The van der Waals surface area contributed by atoms with Crippen molar-refractivity contribution in [2.45, 2.75) is 0 Å². The smallest absolute Gasteiger partial charge is 0.322 e. The van der Waals surface area contributed by atoms with E-state index in [1.54, 1.807) is 7.11 Å². The molecule has 0 saturated carbocycles. The quantitative estimate of drug-likeness (QED) is 0.422. The molecule has 0 rings (SSSR count). The highest BCUT2D eigenvalue weighted by atomic mass is 16.5. The second-order valence-electron chi connectivity index (χ2n) is 2.34. The molecule has 0 spiro atoms. The van der Waals surface area contributed by atoms with Crippen molar-refractivity contribution in [3.05, 3.63) is 0 Å². The minimum absolute atomic E-state index is 0.108. The van der Waals surface area contributed by atoms with Crippen LogP contribution in [0.5, 0.6) is 0 Å². The molecule has 0 radical (unpaired) electrons. The molecule has 0 fully saturated rings. The maximum absolute atomic E-state index is 10.8. The Bertz CT molecular complexity index is 172. The van der Waals surface area contributed by atoms with Gasteiger partial charge in [-0.2, -0.15) is 0 Å². The SMILES string of the molecule is COCCNCC(=O)NCC(=O)O. The van der Waals surface area contributed by atoms with Crippen LogP contribution in [-0.4, -0.2) is 50.3 Å². The van der Waals surface area contributed by atoms with Gasteiger partial charge in [0, 0.05) is 13.7 Å². The maximum atomic E-state index is 10.8. The molecule has 0 bridgehead atoms. The van der Waals surface area contributed by atoms with E-state index in [1.807, 2.05) is 0 Å². The van der Waals surface area contributed by atoms with E-state index in [1.165, 1.54) is 0 Å². The van der Waals surface area contributed by atoms with Crippen molar-refractivity contribution in [2.24, 2.45) is 0 Å². The Morgan fingerprint density at radius 2 is 2.08 bits per heavy atom. The van der Waals surface area contributed by atoms with Crippen LogP contribution >= 0.6 is 0 Å². The minimum Gasteiger partial charge on any atom is -0.480 e. The molecule has 0 saturated heterocycles. The Hall–Kier alpha value is -1.14. The number of carbonyl (C=O) groups excluding carboxylic acids is 1. The van der Waals surface area contributed by atoms with Crippen LogP contribution < -0.4 is 10.6 Å². The summed E-state index contributed by atoms with van der Waals surface area (Å²) in [6, 6.07) is 0. The lowest BCUT2D eigenvalue weighted by atomic mass is 10.5. The van der Waals surface area contributed by atoms with Crippen LogP contribution in [0.25, 0.3) is 0 Å². The van der Waals surface area contributed by atoms with Crippen molar-refractivity contribution >= 4 is 11.9 Å². The second kappa shape index (κ2) is 7.51. The van der Waals surface area contributed by atoms with E-state index in [9.17, 15) is 9.59 Å². The molecule has 6 nitrogen and oxygen atoms in total. The number of nitrogens with one attached hydrogen (secondary N) is 2. The van der Waals surface area contributed by atoms with Gasteiger partial charge in [-0.05, 0) is 0 Å². The fourth-order valence-electron chi connectivity index (χ4n) is 0.613. The van der Waals surface area contributed by atoms with Crippen LogP contribution in [0.15, 0.2) is 0 Å². The first-order chi connectivity index (χ1) is 6.16. The molecule has 0 heterocycles. The lowest BCUT2D eigenvalue weighted by molar-refractivity contribution is -0.137. The first kappa shape index (κ1) is 11.9. The molecule has 13 heavy (non-hydrogen) atoms. The lowest BCUT2D eigenvalue weighted by Crippen LogP contribution is -2.37. The van der Waals surface area contributed by atoms with E-state index in [0.29, 0.717) is 13.2 Å². The van der Waals surface area contributed by atoms with Gasteiger partial charge in [-0.15, -0.1) is 0 Å². The number of hydrogen-bond donors (Lipinski definition) is 3. The van der Waals surface area contributed by atoms with Crippen molar-refractivity contribution in [3.63, 3.8) is 0 Å². The normalized spacial score (nSPS) is 9.62. The number of ether oxygens (including phenoxy) is 1. The average molecular weight is 190 g/mol. The van der Waals surface area contributed by atoms with E-state index in [4.69, 9.17) is 9.84 Å². The molecule has 76 valence electrons. The zero-order valence-electron chi connectivity index (χ0n) is 7.50. The molecule has 0 aromatic carbocycles. The zero-order chi connectivity index (χ0) is 10.1. The molecule has 0 aliphatic carbocycles. The first-order valence-corrected chi connectivity index (χ1v) is 3.85. The summed E-state index contributed by atoms with van der Waals surface area (Å²) < 4.78 is 4.73. The predicted octanol–water partition coefficient (Wildman–Crippen LogP) is -1.58. The number of rotatable bonds is 7. The molecule has 6 heteroatoms. The summed E-state index contributed by atoms with van der Waals surface area (Å²) in [7, 11) is 1.56. The topological polar surface area (TPSA) is 87.7 Å². The number of amides is 1. The summed E-state index contributed by atoms with van der Waals surface area (Å²) in [6.45, 7) is 0.852. The van der Waals surface area contributed by atoms with Crippen LogP contribution in [0.2, 0.25) is 0 Å². The first-order valence-electron chi connectivity index (χ1n) is 3.85. The highest BCUT2D eigenvalue weighted by Gasteiger charge is 2.01. The van der Waals surface area contributed by atoms with Crippen molar-refractivity contribution in [3.8, 4) is 0 Å². The van der Waals surface area contributed by atoms with Crippen LogP contribution in [0.1, 0.15) is 0 Å². The summed E-state index contributed by atoms with van der Waals surface area (Å²) in [6.07, 6.45) is 0. The highest BCUT2D eigenvalue weighted by Crippen LogP contribution is 1.67. The molecule has 0 aromatic heterocycles. The van der Waals surface area contributed by atoms with Crippen molar-refractivity contribution in [2.75, 3.05) is 33.4 Å². The van der Waals surface area contributed by atoms with Crippen LogP contribution in [0.3, 0.4) is 0 Å². The predicted molar refractivity (Wildman–Crippen MR) is 45.4 cm³/mol. The summed E-state index contributed by atoms with van der Waals surface area (Å²) in [5.41, 5.74) is 0. The summed E-state index contributed by atoms with van der Waals surface area (Å²) in [5, 5.41) is 13.2. The van der Waals surface area contributed by atoms with Crippen LogP contribution in [0.4, 0.5) is 0 Å². The number of carboxylic acid groups (broad SMARTS) is 1. The Labute approximate surface area is 76.3 Å². The molecule has 0 aliphatic heterocycles. The van der Waals surface area contributed by atoms with Gasteiger partial charge in [0.25, 0.3) is 0 Å². The van der Waals surface area contributed by atoms with E-state index >= 15 is 0 Å². The molecule has 0 aromatic rings. The average Bonchev–Trinajstić information content (AvgIpc) is 2.09. The molecule has 0 atom stereocenters. The zero-order valence-corrected chi connectivity index (χ0v) is 7.50. The highest BCUT2D eigenvalue weighted by molar-refractivity contribution is 5.82. The monoisotopic (exact) mass is 190 g/mol. The standard InChI is InChI=1S/C7H14N2O4/c1-13-3-2-8-4-6(10)9-5-7(11)12/h8H,2-5H2,1H3,(H,9,10)(H,11,12). The number of methoxy groups -OCH3 is 1. The number of carboxylic acids is 1. The number of carbonyl (C=O) groups is 2. The van der Waals surface area contributed by atoms with Gasteiger partial charge < -0.3 is 20.5 Å². The molecular formula is C7H14N2O4. The van der Waals surface area contributed by atoms with E-state index < -0.39 is 5.97 Å². The summed E-state index contributed by atoms with van der Waals surface area (Å²) >= 11 is 0. The van der Waals surface area contributed by atoms with Crippen molar-refractivity contribution < 1.29 is 19.4 Å². The van der Waals surface area contributed by atoms with Gasteiger partial charge in [-0.1, -0.05) is 0 Å². The molecular weight excluding hydrogens is 176 g/mol. The minimum atomic E-state index is -1.05. The Morgan fingerprint density at radius 3 is 2.62 bits per heavy atom. The Kier molecular flexibility index (Phi) is 6.85. The van der Waals surface area contributed by atoms with E-state index in [2.05, 4.69) is 10.6 Å². The van der Waals surface area contributed by atoms with Gasteiger partial charge in [-0.25, -0.2) is 0 Å². The molecule has 1 amide bonds. The largest absolute Gasteiger partial charge is 0.480 e. The fraction of sp³-hybridized carbons (Fsp3) is 0.714. The van der Waals surface area contributed by atoms with Gasteiger partial charge >= 0.3 is 5.97 Å². The van der Waals surface area contributed by atoms with Gasteiger partial charge in [0.1, 0.15) is 6.54 Å². The Morgan fingerprint density at radius 1 is 1.38 bits per heavy atom. The van der Waals surface area contributed by atoms with E-state index in [0.717, 1.165) is 0 Å². The van der Waals surface area contributed by atoms with Gasteiger partial charge in [0.05, 0.1) is 13.2 Å². The number of aliphatic carboxylic acids is 1. The van der Waals surface area contributed by atoms with Gasteiger partial charge in [-0.3, -0.25) is 9.59 Å². The maximum Gasteiger partial charge on any atom is 0.322 e. The van der Waals surface area contributed by atoms with Gasteiger partial charge in [0.15, 0.2) is 0 Å². The fourth-order valence-corrected chi connectivity index (χ4v) is 0.613. The summed E-state index contributed by atoms with van der Waals surface area (Å²) in [5.74, 6) is -1.39. The molecule has 0 aliphatic rings. The third kappa shape index (κ3) is 8.77. The third-order valence-electron chi connectivity index (χ3n) is 1.21. The van der Waals surface area contributed by atoms with Crippen molar-refractivity contribution in [1.82, 2.24) is 10.6 Å². The van der Waals surface area contributed by atoms with Crippen LogP contribution in [-0.2, 0) is 14.3 Å². The summed E-state index contributed by atoms with van der Waals surface area (Å²) in [4.78, 5) is 20.9. The van der Waals surface area contributed by atoms with Crippen molar-refractivity contribution in [1.29, 1.82) is 0 Å².